The normalized spacial score (nSPS) is 13.9. The number of nitrogens with zero attached hydrogens (tertiary/aromatic N) is 4. The first-order valence-electron chi connectivity index (χ1n) is 10.8. The van der Waals surface area contributed by atoms with Crippen LogP contribution >= 0.6 is 11.6 Å². The zero-order valence-electron chi connectivity index (χ0n) is 18.4. The molecular weight excluding hydrogens is 464 g/mol. The fraction of sp³-hybridized carbons (Fsp3) is 0.348. The molecule has 174 valence electrons. The fourth-order valence-corrected chi connectivity index (χ4v) is 5.22. The van der Waals surface area contributed by atoms with Crippen LogP contribution in [0.4, 0.5) is 0 Å². The second-order valence-electron chi connectivity index (χ2n) is 7.79. The maximum absolute atomic E-state index is 13.3. The van der Waals surface area contributed by atoms with E-state index in [0.717, 1.165) is 18.4 Å². The number of aromatic nitrogens is 2. The fourth-order valence-electron chi connectivity index (χ4n) is 3.59. The standard InChI is InChI=1S/C23H25ClN4O4S/c1-3-27(4-2)33(30,31)20-7-5-6-17(14-20)23(29)28(19-12-13-19)15-21-25-26-22(32-21)16-8-10-18(24)11-9-16/h5-11,14,19H,3-4,12-13,15H2,1-2H3. The molecule has 0 unspecified atom stereocenters. The highest BCUT2D eigenvalue weighted by Crippen LogP contribution is 2.31. The third-order valence-corrected chi connectivity index (χ3v) is 7.83. The van der Waals surface area contributed by atoms with Crippen LogP contribution in [0.25, 0.3) is 11.5 Å². The van der Waals surface area contributed by atoms with Gasteiger partial charge < -0.3 is 9.32 Å². The van der Waals surface area contributed by atoms with Crippen molar-refractivity contribution in [1.29, 1.82) is 0 Å². The zero-order chi connectivity index (χ0) is 23.6. The molecule has 33 heavy (non-hydrogen) atoms. The number of sulfonamides is 1. The number of hydrogen-bond acceptors (Lipinski definition) is 6. The van der Waals surface area contributed by atoms with Gasteiger partial charge in [-0.3, -0.25) is 4.79 Å². The Balaban J connectivity index is 1.56. The van der Waals surface area contributed by atoms with Crippen LogP contribution in [0.2, 0.25) is 5.02 Å². The molecule has 1 amide bonds. The average molecular weight is 489 g/mol. The summed E-state index contributed by atoms with van der Waals surface area (Å²) in [7, 11) is -3.66. The Morgan fingerprint density at radius 3 is 2.42 bits per heavy atom. The zero-order valence-corrected chi connectivity index (χ0v) is 20.0. The summed E-state index contributed by atoms with van der Waals surface area (Å²) >= 11 is 5.93. The number of halogens is 1. The van der Waals surface area contributed by atoms with E-state index < -0.39 is 10.0 Å². The molecule has 1 saturated carbocycles. The minimum absolute atomic E-state index is 0.0615. The van der Waals surface area contributed by atoms with E-state index in [0.29, 0.717) is 35.5 Å². The highest BCUT2D eigenvalue weighted by Gasteiger charge is 2.35. The molecule has 2 aromatic carbocycles. The second kappa shape index (κ2) is 9.62. The largest absolute Gasteiger partial charge is 0.419 e. The van der Waals surface area contributed by atoms with Crippen LogP contribution in [-0.4, -0.2) is 52.9 Å². The molecular formula is C23H25ClN4O4S. The molecule has 1 aromatic heterocycles. The van der Waals surface area contributed by atoms with Gasteiger partial charge in [-0.2, -0.15) is 4.31 Å². The van der Waals surface area contributed by atoms with Crippen molar-refractivity contribution < 1.29 is 17.6 Å². The summed E-state index contributed by atoms with van der Waals surface area (Å²) in [6.45, 7) is 4.44. The molecule has 0 saturated heterocycles. The maximum atomic E-state index is 13.3. The first kappa shape index (κ1) is 23.4. The van der Waals surface area contributed by atoms with Gasteiger partial charge in [-0.25, -0.2) is 8.42 Å². The topological polar surface area (TPSA) is 96.6 Å². The van der Waals surface area contributed by atoms with Gasteiger partial charge in [-0.15, -0.1) is 10.2 Å². The van der Waals surface area contributed by atoms with Crippen molar-refractivity contribution in [2.45, 2.75) is 44.2 Å². The summed E-state index contributed by atoms with van der Waals surface area (Å²) in [5.41, 5.74) is 1.05. The van der Waals surface area contributed by atoms with Crippen LogP contribution in [0.5, 0.6) is 0 Å². The van der Waals surface area contributed by atoms with Gasteiger partial charge in [0, 0.05) is 35.3 Å². The summed E-state index contributed by atoms with van der Waals surface area (Å²) in [6, 6.07) is 13.3. The smallest absolute Gasteiger partial charge is 0.254 e. The second-order valence-corrected chi connectivity index (χ2v) is 10.2. The van der Waals surface area contributed by atoms with E-state index in [1.165, 1.54) is 16.4 Å². The van der Waals surface area contributed by atoms with Crippen LogP contribution < -0.4 is 0 Å². The summed E-state index contributed by atoms with van der Waals surface area (Å²) in [4.78, 5) is 15.1. The summed E-state index contributed by atoms with van der Waals surface area (Å²) in [6.07, 6.45) is 1.75. The van der Waals surface area contributed by atoms with Gasteiger partial charge in [0.2, 0.25) is 21.8 Å². The molecule has 0 atom stereocenters. The van der Waals surface area contributed by atoms with Crippen LogP contribution in [-0.2, 0) is 16.6 Å². The Kier molecular flexibility index (Phi) is 6.83. The van der Waals surface area contributed by atoms with Gasteiger partial charge in [0.1, 0.15) is 0 Å². The first-order valence-corrected chi connectivity index (χ1v) is 12.6. The molecule has 0 aliphatic heterocycles. The van der Waals surface area contributed by atoms with Crippen LogP contribution in [0.3, 0.4) is 0 Å². The van der Waals surface area contributed by atoms with Crippen molar-refractivity contribution in [3.8, 4) is 11.5 Å². The SMILES string of the molecule is CCN(CC)S(=O)(=O)c1cccc(C(=O)N(Cc2nnc(-c3ccc(Cl)cc3)o2)C2CC2)c1. The molecule has 1 aliphatic rings. The summed E-state index contributed by atoms with van der Waals surface area (Å²) in [5.74, 6) is 0.393. The molecule has 10 heteroatoms. The minimum Gasteiger partial charge on any atom is -0.419 e. The lowest BCUT2D eigenvalue weighted by atomic mass is 10.2. The van der Waals surface area contributed by atoms with E-state index in [4.69, 9.17) is 16.0 Å². The van der Waals surface area contributed by atoms with Crippen LogP contribution in [0.1, 0.15) is 42.9 Å². The Labute approximate surface area is 198 Å². The predicted molar refractivity (Wildman–Crippen MR) is 124 cm³/mol. The molecule has 8 nitrogen and oxygen atoms in total. The summed E-state index contributed by atoms with van der Waals surface area (Å²) in [5, 5.41) is 8.79. The van der Waals surface area contributed by atoms with Gasteiger partial charge in [-0.05, 0) is 55.3 Å². The quantitative estimate of drug-likeness (QED) is 0.447. The van der Waals surface area contributed by atoms with Crippen molar-refractivity contribution in [3.63, 3.8) is 0 Å². The molecule has 4 rings (SSSR count). The number of rotatable bonds is 9. The van der Waals surface area contributed by atoms with Crippen molar-refractivity contribution in [3.05, 3.63) is 65.0 Å². The number of amides is 1. The number of carbonyl (C=O) groups is 1. The highest BCUT2D eigenvalue weighted by atomic mass is 35.5. The van der Waals surface area contributed by atoms with E-state index in [-0.39, 0.29) is 23.4 Å². The lowest BCUT2D eigenvalue weighted by Crippen LogP contribution is -2.33. The van der Waals surface area contributed by atoms with Crippen molar-refractivity contribution in [1.82, 2.24) is 19.4 Å². The van der Waals surface area contributed by atoms with E-state index in [1.807, 2.05) is 0 Å². The lowest BCUT2D eigenvalue weighted by molar-refractivity contribution is 0.0714. The lowest BCUT2D eigenvalue weighted by Gasteiger charge is -2.22. The Morgan fingerprint density at radius 1 is 1.09 bits per heavy atom. The Bertz CT molecular complexity index is 1240. The van der Waals surface area contributed by atoms with Gasteiger partial charge in [0.05, 0.1) is 11.4 Å². The molecule has 0 spiro atoms. The molecule has 1 aliphatic carbocycles. The molecule has 1 heterocycles. The molecule has 0 N–H and O–H groups in total. The third kappa shape index (κ3) is 5.10. The Hall–Kier alpha value is -2.75. The summed E-state index contributed by atoms with van der Waals surface area (Å²) < 4.78 is 32.9. The first-order chi connectivity index (χ1) is 15.8. The van der Waals surface area contributed by atoms with Crippen molar-refractivity contribution >= 4 is 27.5 Å². The van der Waals surface area contributed by atoms with Crippen LogP contribution in [0, 0.1) is 0 Å². The van der Waals surface area contributed by atoms with E-state index in [1.54, 1.807) is 55.1 Å². The van der Waals surface area contributed by atoms with Gasteiger partial charge in [0.15, 0.2) is 0 Å². The van der Waals surface area contributed by atoms with Crippen molar-refractivity contribution in [2.75, 3.05) is 13.1 Å². The predicted octanol–water partition coefficient (Wildman–Crippen LogP) is 4.23. The van der Waals surface area contributed by atoms with Gasteiger partial charge in [-0.1, -0.05) is 31.5 Å². The third-order valence-electron chi connectivity index (χ3n) is 5.54. The average Bonchev–Trinajstić information content (AvgIpc) is 3.56. The van der Waals surface area contributed by atoms with E-state index in [2.05, 4.69) is 10.2 Å². The van der Waals surface area contributed by atoms with E-state index >= 15 is 0 Å². The number of carbonyl (C=O) groups excluding carboxylic acids is 1. The molecule has 0 radical (unpaired) electrons. The molecule has 0 bridgehead atoms. The maximum Gasteiger partial charge on any atom is 0.254 e. The molecule has 3 aromatic rings. The van der Waals surface area contributed by atoms with Gasteiger partial charge >= 0.3 is 0 Å². The number of benzene rings is 2. The van der Waals surface area contributed by atoms with Gasteiger partial charge in [0.25, 0.3) is 5.91 Å². The molecule has 1 fully saturated rings. The monoisotopic (exact) mass is 488 g/mol. The Morgan fingerprint density at radius 2 is 1.79 bits per heavy atom. The minimum atomic E-state index is -3.66. The number of hydrogen-bond donors (Lipinski definition) is 0. The van der Waals surface area contributed by atoms with Crippen molar-refractivity contribution in [2.24, 2.45) is 0 Å². The van der Waals surface area contributed by atoms with Crippen LogP contribution in [0.15, 0.2) is 57.8 Å². The highest BCUT2D eigenvalue weighted by molar-refractivity contribution is 7.89. The van der Waals surface area contributed by atoms with E-state index in [9.17, 15) is 13.2 Å².